The van der Waals surface area contributed by atoms with Crippen LogP contribution in [-0.4, -0.2) is 21.0 Å². The van der Waals surface area contributed by atoms with Gasteiger partial charge in [0.15, 0.2) is 0 Å². The molecule has 1 amide bonds. The molecule has 0 radical (unpaired) electrons. The van der Waals surface area contributed by atoms with Crippen molar-refractivity contribution in [1.29, 1.82) is 0 Å². The summed E-state index contributed by atoms with van der Waals surface area (Å²) in [5.41, 5.74) is 3.86. The van der Waals surface area contributed by atoms with Gasteiger partial charge in [-0.3, -0.25) is 9.78 Å². The van der Waals surface area contributed by atoms with Crippen LogP contribution in [0.5, 0.6) is 0 Å². The van der Waals surface area contributed by atoms with Gasteiger partial charge < -0.3 is 9.84 Å². The molecule has 0 saturated carbocycles. The van der Waals surface area contributed by atoms with Gasteiger partial charge in [0, 0.05) is 24.7 Å². The van der Waals surface area contributed by atoms with Gasteiger partial charge in [-0.25, -0.2) is 0 Å². The van der Waals surface area contributed by atoms with Gasteiger partial charge in [-0.05, 0) is 55.7 Å². The quantitative estimate of drug-likeness (QED) is 0.742. The van der Waals surface area contributed by atoms with E-state index in [2.05, 4.69) is 20.4 Å². The molecule has 128 valence electrons. The molecule has 2 heterocycles. The first-order valence-electron chi connectivity index (χ1n) is 8.23. The Balaban J connectivity index is 1.48. The Morgan fingerprint density at radius 1 is 1.16 bits per heavy atom. The molecule has 0 spiro atoms. The third-order valence-corrected chi connectivity index (χ3v) is 3.95. The van der Waals surface area contributed by atoms with Crippen LogP contribution in [0.4, 0.5) is 5.69 Å². The largest absolute Gasteiger partial charge is 0.339 e. The summed E-state index contributed by atoms with van der Waals surface area (Å²) >= 11 is 0. The predicted octanol–water partition coefficient (Wildman–Crippen LogP) is 3.71. The van der Waals surface area contributed by atoms with E-state index < -0.39 is 0 Å². The van der Waals surface area contributed by atoms with Gasteiger partial charge in [-0.2, -0.15) is 4.98 Å². The van der Waals surface area contributed by atoms with Crippen LogP contribution in [0.15, 0.2) is 47.1 Å². The lowest BCUT2D eigenvalue weighted by Gasteiger charge is -2.07. The molecule has 0 fully saturated rings. The molecule has 0 saturated heterocycles. The second-order valence-corrected chi connectivity index (χ2v) is 5.93. The Morgan fingerprint density at radius 2 is 2.04 bits per heavy atom. The van der Waals surface area contributed by atoms with Crippen molar-refractivity contribution in [3.05, 3.63) is 59.6 Å². The van der Waals surface area contributed by atoms with E-state index in [-0.39, 0.29) is 5.91 Å². The number of carbonyl (C=O) groups is 1. The van der Waals surface area contributed by atoms with Crippen LogP contribution in [0.3, 0.4) is 0 Å². The Bertz CT molecular complexity index is 859. The van der Waals surface area contributed by atoms with Gasteiger partial charge in [-0.15, -0.1) is 0 Å². The second kappa shape index (κ2) is 7.70. The lowest BCUT2D eigenvalue weighted by molar-refractivity contribution is -0.116. The molecule has 25 heavy (non-hydrogen) atoms. The van der Waals surface area contributed by atoms with Gasteiger partial charge in [0.05, 0.1) is 0 Å². The zero-order valence-electron chi connectivity index (χ0n) is 14.3. The normalized spacial score (nSPS) is 10.6. The number of aromatic nitrogens is 3. The minimum Gasteiger partial charge on any atom is -0.339 e. The first-order valence-corrected chi connectivity index (χ1v) is 8.23. The smallest absolute Gasteiger partial charge is 0.227 e. The minimum absolute atomic E-state index is 0.0206. The van der Waals surface area contributed by atoms with E-state index in [0.29, 0.717) is 36.7 Å². The lowest BCUT2D eigenvalue weighted by Crippen LogP contribution is -2.11. The Hall–Kier alpha value is -3.02. The molecule has 3 rings (SSSR count). The van der Waals surface area contributed by atoms with Gasteiger partial charge in [0.1, 0.15) is 5.69 Å². The standard InChI is InChI=1S/C19H20N4O2/c1-13-9-10-15(12-14(13)2)21-17(24)7-5-8-18-22-19(23-25-18)16-6-3-4-11-20-16/h3-4,6,9-12H,5,7-8H2,1-2H3,(H,21,24). The van der Waals surface area contributed by atoms with Gasteiger partial charge >= 0.3 is 0 Å². The summed E-state index contributed by atoms with van der Waals surface area (Å²) in [5.74, 6) is 0.961. The summed E-state index contributed by atoms with van der Waals surface area (Å²) in [6, 6.07) is 11.4. The molecule has 0 bridgehead atoms. The van der Waals surface area contributed by atoms with E-state index in [1.54, 1.807) is 6.20 Å². The fourth-order valence-electron chi connectivity index (χ4n) is 2.40. The molecular weight excluding hydrogens is 316 g/mol. The molecule has 6 heteroatoms. The van der Waals surface area contributed by atoms with Gasteiger partial charge in [0.25, 0.3) is 0 Å². The Kier molecular flexibility index (Phi) is 5.18. The molecule has 2 aromatic heterocycles. The molecule has 0 aliphatic rings. The van der Waals surface area contributed by atoms with E-state index in [1.165, 1.54) is 5.56 Å². The lowest BCUT2D eigenvalue weighted by atomic mass is 10.1. The van der Waals surface area contributed by atoms with Crippen molar-refractivity contribution < 1.29 is 9.32 Å². The molecule has 0 atom stereocenters. The maximum atomic E-state index is 12.0. The first kappa shape index (κ1) is 16.8. The van der Waals surface area contributed by atoms with E-state index >= 15 is 0 Å². The van der Waals surface area contributed by atoms with Crippen molar-refractivity contribution in [3.63, 3.8) is 0 Å². The number of nitrogens with zero attached hydrogens (tertiary/aromatic N) is 3. The predicted molar refractivity (Wildman–Crippen MR) is 95.0 cm³/mol. The van der Waals surface area contributed by atoms with E-state index in [0.717, 1.165) is 11.3 Å². The van der Waals surface area contributed by atoms with Crippen LogP contribution in [-0.2, 0) is 11.2 Å². The Morgan fingerprint density at radius 3 is 2.80 bits per heavy atom. The average molecular weight is 336 g/mol. The summed E-state index contributed by atoms with van der Waals surface area (Å²) in [6.45, 7) is 4.07. The third kappa shape index (κ3) is 4.50. The fourth-order valence-corrected chi connectivity index (χ4v) is 2.40. The highest BCUT2D eigenvalue weighted by atomic mass is 16.5. The molecule has 0 aliphatic carbocycles. The number of anilines is 1. The summed E-state index contributed by atoms with van der Waals surface area (Å²) < 4.78 is 5.22. The number of amides is 1. The van der Waals surface area contributed by atoms with Crippen molar-refractivity contribution in [2.75, 3.05) is 5.32 Å². The number of benzene rings is 1. The van der Waals surface area contributed by atoms with Crippen molar-refractivity contribution in [2.45, 2.75) is 33.1 Å². The SMILES string of the molecule is Cc1ccc(NC(=O)CCCc2nc(-c3ccccn3)no2)cc1C. The number of aryl methyl sites for hydroxylation is 3. The summed E-state index contributed by atoms with van der Waals surface area (Å²) in [6.07, 6.45) is 3.28. The van der Waals surface area contributed by atoms with Gasteiger partial charge in [-0.1, -0.05) is 17.3 Å². The monoisotopic (exact) mass is 336 g/mol. The van der Waals surface area contributed by atoms with Crippen LogP contribution in [0.25, 0.3) is 11.5 Å². The highest BCUT2D eigenvalue weighted by molar-refractivity contribution is 5.90. The van der Waals surface area contributed by atoms with Crippen molar-refractivity contribution >= 4 is 11.6 Å². The summed E-state index contributed by atoms with van der Waals surface area (Å²) in [5, 5.41) is 6.83. The number of carbonyl (C=O) groups excluding carboxylic acids is 1. The highest BCUT2D eigenvalue weighted by Crippen LogP contribution is 2.16. The number of hydrogen-bond donors (Lipinski definition) is 1. The van der Waals surface area contributed by atoms with E-state index in [4.69, 9.17) is 4.52 Å². The molecular formula is C19H20N4O2. The minimum atomic E-state index is -0.0206. The number of hydrogen-bond acceptors (Lipinski definition) is 5. The number of pyridine rings is 1. The topological polar surface area (TPSA) is 80.9 Å². The molecule has 1 N–H and O–H groups in total. The van der Waals surface area contributed by atoms with Crippen LogP contribution in [0, 0.1) is 13.8 Å². The van der Waals surface area contributed by atoms with E-state index in [9.17, 15) is 4.79 Å². The van der Waals surface area contributed by atoms with Crippen molar-refractivity contribution in [2.24, 2.45) is 0 Å². The second-order valence-electron chi connectivity index (χ2n) is 5.93. The maximum absolute atomic E-state index is 12.0. The van der Waals surface area contributed by atoms with Crippen molar-refractivity contribution in [1.82, 2.24) is 15.1 Å². The highest BCUT2D eigenvalue weighted by Gasteiger charge is 2.10. The third-order valence-electron chi connectivity index (χ3n) is 3.95. The van der Waals surface area contributed by atoms with E-state index in [1.807, 2.05) is 50.2 Å². The van der Waals surface area contributed by atoms with Gasteiger partial charge in [0.2, 0.25) is 17.6 Å². The van der Waals surface area contributed by atoms with Crippen molar-refractivity contribution in [3.8, 4) is 11.5 Å². The molecule has 3 aromatic rings. The summed E-state index contributed by atoms with van der Waals surface area (Å²) in [7, 11) is 0. The maximum Gasteiger partial charge on any atom is 0.227 e. The van der Waals surface area contributed by atoms with Crippen LogP contribution in [0.1, 0.15) is 29.9 Å². The first-order chi connectivity index (χ1) is 12.1. The van der Waals surface area contributed by atoms with Crippen LogP contribution >= 0.6 is 0 Å². The molecule has 0 aliphatic heterocycles. The summed E-state index contributed by atoms with van der Waals surface area (Å²) in [4.78, 5) is 20.5. The molecule has 6 nitrogen and oxygen atoms in total. The van der Waals surface area contributed by atoms with Crippen LogP contribution in [0.2, 0.25) is 0 Å². The zero-order chi connectivity index (χ0) is 17.6. The Labute approximate surface area is 146 Å². The molecule has 0 unspecified atom stereocenters. The molecule has 1 aromatic carbocycles. The average Bonchev–Trinajstić information content (AvgIpc) is 3.08. The number of rotatable bonds is 6. The van der Waals surface area contributed by atoms with Crippen LogP contribution < -0.4 is 5.32 Å². The fraction of sp³-hybridized carbons (Fsp3) is 0.263. The zero-order valence-corrected chi connectivity index (χ0v) is 14.3. The number of nitrogens with one attached hydrogen (secondary N) is 1.